The number of aromatic nitrogens is 2. The number of methoxy groups -OCH3 is 1. The largest absolute Gasteiger partial charge is 0.496 e. The summed E-state index contributed by atoms with van der Waals surface area (Å²) in [4.78, 5) is 27.2. The smallest absolute Gasteiger partial charge is 0.252 e. The second kappa shape index (κ2) is 5.91. The van der Waals surface area contributed by atoms with E-state index in [9.17, 15) is 9.59 Å². The molecule has 7 heteroatoms. The average molecular weight is 316 g/mol. The molecule has 2 amide bonds. The van der Waals surface area contributed by atoms with Crippen molar-refractivity contribution >= 4 is 22.8 Å². The van der Waals surface area contributed by atoms with Crippen LogP contribution in [-0.4, -0.2) is 34.5 Å². The number of ether oxygens (including phenoxy) is 1. The zero-order chi connectivity index (χ0) is 16.6. The molecule has 0 aliphatic carbocycles. The van der Waals surface area contributed by atoms with Crippen LogP contribution in [0, 0.1) is 5.92 Å². The molecule has 1 aromatic carbocycles. The van der Waals surface area contributed by atoms with E-state index in [1.807, 2.05) is 4.57 Å². The monoisotopic (exact) mass is 316 g/mol. The molecule has 2 aromatic rings. The van der Waals surface area contributed by atoms with Crippen LogP contribution in [-0.2, 0) is 11.3 Å². The molecule has 1 aliphatic heterocycles. The number of hydrogen-bond acceptors (Lipinski definition) is 4. The summed E-state index contributed by atoms with van der Waals surface area (Å²) in [6.45, 7) is 2.81. The van der Waals surface area contributed by atoms with Gasteiger partial charge in [0.25, 0.3) is 5.91 Å². The molecule has 3 rings (SSSR count). The number of imidazole rings is 1. The van der Waals surface area contributed by atoms with E-state index in [1.165, 1.54) is 7.11 Å². The molecular formula is C16H20N4O3. The van der Waals surface area contributed by atoms with Gasteiger partial charge in [0.1, 0.15) is 5.75 Å². The van der Waals surface area contributed by atoms with Gasteiger partial charge in [-0.15, -0.1) is 0 Å². The Labute approximate surface area is 133 Å². The first-order chi connectivity index (χ1) is 11.0. The SMILES string of the molecule is COc1cc2c(cc1C(N)=O)ncn2CCC1NC(=O)CC1C. The van der Waals surface area contributed by atoms with Crippen molar-refractivity contribution in [2.24, 2.45) is 11.7 Å². The van der Waals surface area contributed by atoms with E-state index < -0.39 is 5.91 Å². The van der Waals surface area contributed by atoms with E-state index in [0.717, 1.165) is 18.5 Å². The highest BCUT2D eigenvalue weighted by molar-refractivity contribution is 5.99. The van der Waals surface area contributed by atoms with Gasteiger partial charge in [0.15, 0.2) is 0 Å². The molecule has 3 N–H and O–H groups in total. The molecule has 7 nitrogen and oxygen atoms in total. The Bertz CT molecular complexity index is 768. The van der Waals surface area contributed by atoms with Gasteiger partial charge in [-0.25, -0.2) is 4.98 Å². The van der Waals surface area contributed by atoms with Gasteiger partial charge >= 0.3 is 0 Å². The van der Waals surface area contributed by atoms with Crippen molar-refractivity contribution in [3.8, 4) is 5.75 Å². The third-order valence-corrected chi connectivity index (χ3v) is 4.43. The Morgan fingerprint density at radius 2 is 2.30 bits per heavy atom. The number of fused-ring (bicyclic) bond motifs is 1. The molecule has 0 saturated carbocycles. The van der Waals surface area contributed by atoms with Crippen molar-refractivity contribution in [1.29, 1.82) is 0 Å². The Hall–Kier alpha value is -2.57. The maximum Gasteiger partial charge on any atom is 0.252 e. The predicted molar refractivity (Wildman–Crippen MR) is 85.1 cm³/mol. The number of aryl methyl sites for hydroxylation is 1. The minimum Gasteiger partial charge on any atom is -0.496 e. The van der Waals surface area contributed by atoms with Crippen LogP contribution >= 0.6 is 0 Å². The molecule has 1 fully saturated rings. The van der Waals surface area contributed by atoms with Crippen LogP contribution in [0.3, 0.4) is 0 Å². The van der Waals surface area contributed by atoms with Gasteiger partial charge in [-0.3, -0.25) is 9.59 Å². The third-order valence-electron chi connectivity index (χ3n) is 4.43. The zero-order valence-electron chi connectivity index (χ0n) is 13.2. The van der Waals surface area contributed by atoms with Crippen LogP contribution in [0.1, 0.15) is 30.1 Å². The summed E-state index contributed by atoms with van der Waals surface area (Å²) in [6, 6.07) is 3.61. The van der Waals surface area contributed by atoms with Crippen molar-refractivity contribution in [3.63, 3.8) is 0 Å². The van der Waals surface area contributed by atoms with Crippen LogP contribution in [0.15, 0.2) is 18.5 Å². The number of hydrogen-bond donors (Lipinski definition) is 2. The quantitative estimate of drug-likeness (QED) is 0.861. The van der Waals surface area contributed by atoms with Crippen molar-refractivity contribution in [3.05, 3.63) is 24.0 Å². The van der Waals surface area contributed by atoms with Gasteiger partial charge in [0.05, 0.1) is 30.0 Å². The second-order valence-corrected chi connectivity index (χ2v) is 5.99. The van der Waals surface area contributed by atoms with Gasteiger partial charge in [-0.2, -0.15) is 0 Å². The van der Waals surface area contributed by atoms with Gasteiger partial charge in [0, 0.05) is 25.1 Å². The number of amides is 2. The van der Waals surface area contributed by atoms with Crippen LogP contribution in [0.5, 0.6) is 5.75 Å². The lowest BCUT2D eigenvalue weighted by molar-refractivity contribution is -0.119. The summed E-state index contributed by atoms with van der Waals surface area (Å²) >= 11 is 0. The van der Waals surface area contributed by atoms with Gasteiger partial charge in [0.2, 0.25) is 5.91 Å². The Morgan fingerprint density at radius 3 is 2.91 bits per heavy atom. The van der Waals surface area contributed by atoms with E-state index in [-0.39, 0.29) is 11.9 Å². The molecule has 0 spiro atoms. The van der Waals surface area contributed by atoms with Crippen molar-refractivity contribution in [1.82, 2.24) is 14.9 Å². The van der Waals surface area contributed by atoms with Crippen molar-refractivity contribution in [2.45, 2.75) is 32.4 Å². The average Bonchev–Trinajstić information content (AvgIpc) is 3.05. The maximum absolute atomic E-state index is 11.5. The summed E-state index contributed by atoms with van der Waals surface area (Å²) in [7, 11) is 1.50. The van der Waals surface area contributed by atoms with Crippen LogP contribution in [0.2, 0.25) is 0 Å². The number of benzene rings is 1. The molecular weight excluding hydrogens is 296 g/mol. The maximum atomic E-state index is 11.5. The molecule has 0 radical (unpaired) electrons. The lowest BCUT2D eigenvalue weighted by Crippen LogP contribution is -2.29. The second-order valence-electron chi connectivity index (χ2n) is 5.99. The number of nitrogens with two attached hydrogens (primary N) is 1. The molecule has 1 aliphatic rings. The van der Waals surface area contributed by atoms with Crippen molar-refractivity contribution < 1.29 is 14.3 Å². The lowest BCUT2D eigenvalue weighted by atomic mass is 10.0. The van der Waals surface area contributed by atoms with Crippen molar-refractivity contribution in [2.75, 3.05) is 7.11 Å². The molecule has 122 valence electrons. The molecule has 1 aromatic heterocycles. The van der Waals surface area contributed by atoms with Crippen LogP contribution < -0.4 is 15.8 Å². The van der Waals surface area contributed by atoms with E-state index in [4.69, 9.17) is 10.5 Å². The van der Waals surface area contributed by atoms with E-state index in [0.29, 0.717) is 29.2 Å². The summed E-state index contributed by atoms with van der Waals surface area (Å²) in [5.74, 6) is 0.356. The number of carbonyl (C=O) groups excluding carboxylic acids is 2. The molecule has 0 bridgehead atoms. The summed E-state index contributed by atoms with van der Waals surface area (Å²) in [5, 5.41) is 3.00. The molecule has 2 unspecified atom stereocenters. The summed E-state index contributed by atoms with van der Waals surface area (Å²) in [6.07, 6.45) is 3.15. The van der Waals surface area contributed by atoms with E-state index >= 15 is 0 Å². The number of rotatable bonds is 5. The minimum absolute atomic E-state index is 0.116. The summed E-state index contributed by atoms with van der Waals surface area (Å²) in [5.41, 5.74) is 7.26. The fourth-order valence-electron chi connectivity index (χ4n) is 3.10. The Kier molecular flexibility index (Phi) is 3.94. The highest BCUT2D eigenvalue weighted by atomic mass is 16.5. The topological polar surface area (TPSA) is 99.2 Å². The molecule has 2 atom stereocenters. The first-order valence-corrected chi connectivity index (χ1v) is 7.61. The Morgan fingerprint density at radius 1 is 1.52 bits per heavy atom. The molecule has 1 saturated heterocycles. The minimum atomic E-state index is -0.541. The van der Waals surface area contributed by atoms with E-state index in [1.54, 1.807) is 18.5 Å². The zero-order valence-corrected chi connectivity index (χ0v) is 13.2. The van der Waals surface area contributed by atoms with Crippen LogP contribution in [0.4, 0.5) is 0 Å². The standard InChI is InChI=1S/C16H20N4O3/c1-9-5-15(21)19-11(9)3-4-20-8-18-12-6-10(16(17)22)14(23-2)7-13(12)20/h6-9,11H,3-5H2,1-2H3,(H2,17,22)(H,19,21). The third kappa shape index (κ3) is 2.86. The fourth-order valence-corrected chi connectivity index (χ4v) is 3.10. The fraction of sp³-hybridized carbons (Fsp3) is 0.438. The highest BCUT2D eigenvalue weighted by Crippen LogP contribution is 2.26. The number of nitrogens with one attached hydrogen (secondary N) is 1. The predicted octanol–water partition coefficient (Wildman–Crippen LogP) is 1.06. The van der Waals surface area contributed by atoms with Gasteiger partial charge < -0.3 is 20.4 Å². The Balaban J connectivity index is 1.84. The van der Waals surface area contributed by atoms with Gasteiger partial charge in [-0.05, 0) is 18.4 Å². The first-order valence-electron chi connectivity index (χ1n) is 7.61. The summed E-state index contributed by atoms with van der Waals surface area (Å²) < 4.78 is 7.25. The van der Waals surface area contributed by atoms with Gasteiger partial charge in [-0.1, -0.05) is 6.92 Å². The first kappa shape index (κ1) is 15.3. The van der Waals surface area contributed by atoms with Crippen LogP contribution in [0.25, 0.3) is 11.0 Å². The van der Waals surface area contributed by atoms with E-state index in [2.05, 4.69) is 17.2 Å². The number of nitrogens with zero attached hydrogens (tertiary/aromatic N) is 2. The molecule has 23 heavy (non-hydrogen) atoms. The lowest BCUT2D eigenvalue weighted by Gasteiger charge is -2.15. The number of primary amides is 1. The normalized spacial score (nSPS) is 20.7. The molecule has 2 heterocycles. The number of carbonyl (C=O) groups is 2. The highest BCUT2D eigenvalue weighted by Gasteiger charge is 2.28.